The average Bonchev–Trinajstić information content (AvgIpc) is 2.67. The average molecular weight is 395 g/mol. The maximum absolute atomic E-state index is 13.6. The van der Waals surface area contributed by atoms with Crippen LogP contribution < -0.4 is 11.2 Å². The van der Waals surface area contributed by atoms with E-state index in [2.05, 4.69) is 4.98 Å². The summed E-state index contributed by atoms with van der Waals surface area (Å²) in [5.74, 6) is -0.727. The number of hydrogen-bond acceptors (Lipinski definition) is 7. The fourth-order valence-corrected chi connectivity index (χ4v) is 4.04. The van der Waals surface area contributed by atoms with E-state index in [4.69, 9.17) is 0 Å². The van der Waals surface area contributed by atoms with Crippen molar-refractivity contribution in [2.45, 2.75) is 20.3 Å². The van der Waals surface area contributed by atoms with Gasteiger partial charge < -0.3 is 0 Å². The molecule has 0 saturated carbocycles. The van der Waals surface area contributed by atoms with Crippen LogP contribution in [0.25, 0.3) is 11.0 Å². The lowest BCUT2D eigenvalue weighted by atomic mass is 9.81. The first kappa shape index (κ1) is 19.0. The highest BCUT2D eigenvalue weighted by atomic mass is 16.2. The molecule has 0 atom stereocenters. The minimum Gasteiger partial charge on any atom is -0.289 e. The van der Waals surface area contributed by atoms with Crippen LogP contribution in [0.4, 0.5) is 0 Å². The van der Waals surface area contributed by atoms with Crippen molar-refractivity contribution in [3.63, 3.8) is 0 Å². The van der Waals surface area contributed by atoms with Gasteiger partial charge in [-0.3, -0.25) is 28.5 Å². The molecule has 0 unspecified atom stereocenters. The van der Waals surface area contributed by atoms with Crippen molar-refractivity contribution < 1.29 is 9.59 Å². The van der Waals surface area contributed by atoms with Crippen LogP contribution in [-0.2, 0) is 14.1 Å². The van der Waals surface area contributed by atoms with Crippen LogP contribution >= 0.6 is 0 Å². The van der Waals surface area contributed by atoms with Gasteiger partial charge in [-0.25, -0.2) is 14.8 Å². The second-order valence-corrected chi connectivity index (χ2v) is 7.68. The van der Waals surface area contributed by atoms with Gasteiger partial charge in [-0.2, -0.15) is 0 Å². The van der Waals surface area contributed by atoms with Gasteiger partial charge in [0.05, 0.1) is 22.2 Å². The summed E-state index contributed by atoms with van der Waals surface area (Å²) in [5, 5.41) is 3.38. The van der Waals surface area contributed by atoms with Crippen LogP contribution in [0.2, 0.25) is 0 Å². The predicted octanol–water partition coefficient (Wildman–Crippen LogP) is 0.660. The van der Waals surface area contributed by atoms with Crippen LogP contribution in [0.3, 0.4) is 0 Å². The van der Waals surface area contributed by atoms with Crippen LogP contribution in [0.15, 0.2) is 32.6 Å². The van der Waals surface area contributed by atoms with E-state index >= 15 is 0 Å². The molecule has 150 valence electrons. The highest BCUT2D eigenvalue weighted by Crippen LogP contribution is 2.38. The van der Waals surface area contributed by atoms with E-state index in [1.165, 1.54) is 18.7 Å². The van der Waals surface area contributed by atoms with Crippen LogP contribution in [0.5, 0.6) is 0 Å². The summed E-state index contributed by atoms with van der Waals surface area (Å²) < 4.78 is 2.16. The molecule has 29 heavy (non-hydrogen) atoms. The number of carbonyl (C=O) groups excluding carboxylic acids is 2. The van der Waals surface area contributed by atoms with Gasteiger partial charge in [-0.1, -0.05) is 5.57 Å². The molecule has 9 heteroatoms. The minimum absolute atomic E-state index is 0.00343. The number of nitrogens with zero attached hydrogens (tertiary/aromatic N) is 5. The molecule has 0 radical (unpaired) electrons. The number of Topliss-reactive ketones (excluding diaryl/α,β-unsaturated/α-hetero) is 2. The Bertz CT molecular complexity index is 1320. The minimum atomic E-state index is -0.635. The van der Waals surface area contributed by atoms with Gasteiger partial charge in [0.25, 0.3) is 5.56 Å². The zero-order valence-electron chi connectivity index (χ0n) is 17.2. The maximum atomic E-state index is 13.6. The molecular weight excluding hydrogens is 374 g/mol. The second-order valence-electron chi connectivity index (χ2n) is 7.68. The number of allylic oxidation sites excluding steroid dienone is 3. The molecule has 1 aliphatic carbocycles. The van der Waals surface area contributed by atoms with E-state index in [1.807, 2.05) is 13.1 Å². The van der Waals surface area contributed by atoms with Crippen LogP contribution in [-0.4, -0.2) is 49.8 Å². The van der Waals surface area contributed by atoms with E-state index in [-0.39, 0.29) is 39.4 Å². The SMILES string of the molecule is CC1=CN(N(C)C)C2=C(C1)C(=O)c1c(c(C)nc3c1c(=O)n(C)c(=O)n3C)C2=O. The van der Waals surface area contributed by atoms with Crippen molar-refractivity contribution in [3.05, 3.63) is 60.7 Å². The first-order chi connectivity index (χ1) is 13.6. The van der Waals surface area contributed by atoms with Gasteiger partial charge in [0, 0.05) is 46.4 Å². The smallest absolute Gasteiger partial charge is 0.289 e. The lowest BCUT2D eigenvalue weighted by molar-refractivity contribution is 0.0787. The Hall–Kier alpha value is -3.33. The van der Waals surface area contributed by atoms with E-state index in [1.54, 1.807) is 31.0 Å². The highest BCUT2D eigenvalue weighted by Gasteiger charge is 2.40. The quantitative estimate of drug-likeness (QED) is 0.700. The van der Waals surface area contributed by atoms with E-state index in [0.29, 0.717) is 17.7 Å². The molecule has 0 fully saturated rings. The molecule has 2 aliphatic rings. The van der Waals surface area contributed by atoms with E-state index in [0.717, 1.165) is 10.1 Å². The van der Waals surface area contributed by atoms with Gasteiger partial charge in [0.15, 0.2) is 5.78 Å². The summed E-state index contributed by atoms with van der Waals surface area (Å²) >= 11 is 0. The number of rotatable bonds is 1. The van der Waals surface area contributed by atoms with Gasteiger partial charge >= 0.3 is 5.69 Å². The molecule has 3 heterocycles. The Morgan fingerprint density at radius 3 is 2.24 bits per heavy atom. The molecule has 2 aromatic heterocycles. The third-order valence-corrected chi connectivity index (χ3v) is 5.46. The van der Waals surface area contributed by atoms with E-state index < -0.39 is 11.2 Å². The van der Waals surface area contributed by atoms with Gasteiger partial charge in [0.1, 0.15) is 11.3 Å². The number of fused-ring (bicyclic) bond motifs is 3. The van der Waals surface area contributed by atoms with Crippen molar-refractivity contribution in [1.29, 1.82) is 0 Å². The van der Waals surface area contributed by atoms with Gasteiger partial charge in [0.2, 0.25) is 5.78 Å². The van der Waals surface area contributed by atoms with Gasteiger partial charge in [-0.05, 0) is 13.8 Å². The monoisotopic (exact) mass is 395 g/mol. The Balaban J connectivity index is 2.16. The first-order valence-corrected chi connectivity index (χ1v) is 9.12. The topological polar surface area (TPSA) is 97.5 Å². The lowest BCUT2D eigenvalue weighted by Gasteiger charge is -2.36. The number of ketones is 2. The van der Waals surface area contributed by atoms with Crippen molar-refractivity contribution in [2.75, 3.05) is 14.1 Å². The number of pyridine rings is 1. The van der Waals surface area contributed by atoms with Crippen LogP contribution in [0, 0.1) is 6.92 Å². The number of aromatic nitrogens is 3. The fraction of sp³-hybridized carbons (Fsp3) is 0.350. The zero-order valence-corrected chi connectivity index (χ0v) is 17.2. The van der Waals surface area contributed by atoms with Crippen molar-refractivity contribution in [3.8, 4) is 0 Å². The molecule has 2 aromatic rings. The van der Waals surface area contributed by atoms with E-state index in [9.17, 15) is 19.2 Å². The summed E-state index contributed by atoms with van der Waals surface area (Å²) in [6.07, 6.45) is 2.14. The van der Waals surface area contributed by atoms with Crippen molar-refractivity contribution in [1.82, 2.24) is 24.1 Å². The Kier molecular flexibility index (Phi) is 3.99. The fourth-order valence-electron chi connectivity index (χ4n) is 4.04. The molecular formula is C20H21N5O4. The summed E-state index contributed by atoms with van der Waals surface area (Å²) in [6.45, 7) is 3.49. The second kappa shape index (κ2) is 6.08. The van der Waals surface area contributed by atoms with Crippen molar-refractivity contribution >= 4 is 22.6 Å². The first-order valence-electron chi connectivity index (χ1n) is 9.12. The third kappa shape index (κ3) is 2.40. The van der Waals surface area contributed by atoms with Gasteiger partial charge in [-0.15, -0.1) is 0 Å². The molecule has 0 spiro atoms. The molecule has 0 saturated heterocycles. The molecule has 0 amide bonds. The Morgan fingerprint density at radius 2 is 1.62 bits per heavy atom. The van der Waals surface area contributed by atoms with Crippen LogP contribution in [0.1, 0.15) is 39.8 Å². The summed E-state index contributed by atoms with van der Waals surface area (Å²) in [7, 11) is 6.40. The Labute approximate surface area is 166 Å². The summed E-state index contributed by atoms with van der Waals surface area (Å²) in [5.41, 5.74) is 0.944. The molecule has 0 bridgehead atoms. The number of hydrazine groups is 1. The number of hydrogen-bond donors (Lipinski definition) is 0. The summed E-state index contributed by atoms with van der Waals surface area (Å²) in [6, 6.07) is 0. The molecule has 0 N–H and O–H groups in total. The molecule has 0 aromatic carbocycles. The number of aryl methyl sites for hydroxylation is 2. The largest absolute Gasteiger partial charge is 0.332 e. The predicted molar refractivity (Wildman–Crippen MR) is 107 cm³/mol. The normalized spacial score (nSPS) is 16.5. The molecule has 9 nitrogen and oxygen atoms in total. The standard InChI is InChI=1S/C20H21N5O4/c1-9-7-11-15(25(8-9)22(3)4)17(27)12-10(2)21-18-14(13(12)16(11)26)19(28)24(6)20(29)23(18)5/h8H,7H2,1-6H3. The lowest BCUT2D eigenvalue weighted by Crippen LogP contribution is -2.43. The third-order valence-electron chi connectivity index (χ3n) is 5.46. The molecule has 1 aliphatic heterocycles. The zero-order chi connectivity index (χ0) is 21.4. The highest BCUT2D eigenvalue weighted by molar-refractivity contribution is 6.30. The molecule has 4 rings (SSSR count). The van der Waals surface area contributed by atoms with Crippen molar-refractivity contribution in [2.24, 2.45) is 14.1 Å². The maximum Gasteiger partial charge on any atom is 0.332 e. The Morgan fingerprint density at radius 1 is 0.966 bits per heavy atom. The summed E-state index contributed by atoms with van der Waals surface area (Å²) in [4.78, 5) is 56.7. The number of carbonyl (C=O) groups is 2.